The van der Waals surface area contributed by atoms with Crippen LogP contribution in [0.4, 0.5) is 0 Å². The van der Waals surface area contributed by atoms with Crippen molar-refractivity contribution in [3.05, 3.63) is 58.6 Å². The molecule has 0 saturated carbocycles. The highest BCUT2D eigenvalue weighted by atomic mass is 32.1. The SMILES string of the molecule is CCOc1cc(C(=O)NCCc2csc3nc(-c4cccc(C)c4)nn23)cc(OCC)c1OCC. The molecule has 2 aromatic heterocycles. The van der Waals surface area contributed by atoms with Crippen molar-refractivity contribution in [1.29, 1.82) is 0 Å². The van der Waals surface area contributed by atoms with Crippen LogP contribution in [0.5, 0.6) is 17.2 Å². The fourth-order valence-electron chi connectivity index (χ4n) is 3.73. The van der Waals surface area contributed by atoms with Crippen molar-refractivity contribution in [3.8, 4) is 28.6 Å². The van der Waals surface area contributed by atoms with Gasteiger partial charge in [0.25, 0.3) is 5.91 Å². The van der Waals surface area contributed by atoms with Crippen LogP contribution in [0, 0.1) is 6.92 Å². The van der Waals surface area contributed by atoms with Gasteiger partial charge in [-0.2, -0.15) is 4.98 Å². The Hall–Kier alpha value is -3.59. The molecule has 8 nitrogen and oxygen atoms in total. The van der Waals surface area contributed by atoms with Crippen LogP contribution in [0.15, 0.2) is 41.8 Å². The Balaban J connectivity index is 1.47. The standard InChI is InChI=1S/C26H30N4O4S/c1-5-32-21-14-19(15-22(33-6-2)23(21)34-7-3)25(31)27-12-11-20-16-35-26-28-24(29-30(20)26)18-10-8-9-17(4)13-18/h8-10,13-16H,5-7,11-12H2,1-4H3,(H,27,31). The third-order valence-electron chi connectivity index (χ3n) is 5.26. The number of aryl methyl sites for hydroxylation is 1. The molecule has 35 heavy (non-hydrogen) atoms. The summed E-state index contributed by atoms with van der Waals surface area (Å²) in [5, 5.41) is 9.70. The number of nitrogens with zero attached hydrogens (tertiary/aromatic N) is 3. The van der Waals surface area contributed by atoms with Crippen molar-refractivity contribution in [2.24, 2.45) is 0 Å². The van der Waals surface area contributed by atoms with Gasteiger partial charge in [-0.05, 0) is 45.9 Å². The highest BCUT2D eigenvalue weighted by Gasteiger charge is 2.18. The largest absolute Gasteiger partial charge is 0.490 e. The quantitative estimate of drug-likeness (QED) is 0.318. The van der Waals surface area contributed by atoms with E-state index in [0.29, 0.717) is 61.4 Å². The zero-order chi connectivity index (χ0) is 24.8. The number of rotatable bonds is 11. The maximum Gasteiger partial charge on any atom is 0.251 e. The molecule has 0 bridgehead atoms. The molecule has 9 heteroatoms. The Bertz CT molecular complexity index is 1290. The monoisotopic (exact) mass is 494 g/mol. The van der Waals surface area contributed by atoms with Gasteiger partial charge >= 0.3 is 0 Å². The zero-order valence-corrected chi connectivity index (χ0v) is 21.3. The number of carbonyl (C=O) groups excluding carboxylic acids is 1. The van der Waals surface area contributed by atoms with E-state index in [0.717, 1.165) is 21.8 Å². The molecule has 2 heterocycles. The molecule has 0 saturated heterocycles. The fraction of sp³-hybridized carbons (Fsp3) is 0.346. The van der Waals surface area contributed by atoms with Crippen LogP contribution in [0.3, 0.4) is 0 Å². The molecular weight excluding hydrogens is 464 g/mol. The lowest BCUT2D eigenvalue weighted by Crippen LogP contribution is -2.26. The minimum atomic E-state index is -0.208. The highest BCUT2D eigenvalue weighted by Crippen LogP contribution is 2.39. The van der Waals surface area contributed by atoms with Crippen LogP contribution in [0.1, 0.15) is 42.4 Å². The van der Waals surface area contributed by atoms with Crippen LogP contribution in [-0.2, 0) is 6.42 Å². The average molecular weight is 495 g/mol. The molecule has 0 aliphatic carbocycles. The van der Waals surface area contributed by atoms with Crippen molar-refractivity contribution in [3.63, 3.8) is 0 Å². The first kappa shape index (κ1) is 24.5. The summed E-state index contributed by atoms with van der Waals surface area (Å²) < 4.78 is 19.0. The number of carbonyl (C=O) groups is 1. The Morgan fingerprint density at radius 1 is 1.03 bits per heavy atom. The van der Waals surface area contributed by atoms with Gasteiger partial charge in [0.2, 0.25) is 10.7 Å². The summed E-state index contributed by atoms with van der Waals surface area (Å²) >= 11 is 1.54. The van der Waals surface area contributed by atoms with E-state index in [1.165, 1.54) is 11.3 Å². The summed E-state index contributed by atoms with van der Waals surface area (Å²) in [4.78, 5) is 18.4. The second-order valence-corrected chi connectivity index (χ2v) is 8.67. The van der Waals surface area contributed by atoms with E-state index in [9.17, 15) is 4.79 Å². The van der Waals surface area contributed by atoms with E-state index in [4.69, 9.17) is 14.2 Å². The van der Waals surface area contributed by atoms with Gasteiger partial charge in [-0.1, -0.05) is 23.8 Å². The number of aromatic nitrogens is 3. The minimum Gasteiger partial charge on any atom is -0.490 e. The van der Waals surface area contributed by atoms with Crippen molar-refractivity contribution in [2.75, 3.05) is 26.4 Å². The molecule has 184 valence electrons. The molecule has 0 atom stereocenters. The number of hydrogen-bond donors (Lipinski definition) is 1. The Kier molecular flexibility index (Phi) is 7.87. The molecule has 0 aliphatic heterocycles. The number of thiazole rings is 1. The first-order chi connectivity index (χ1) is 17.0. The summed E-state index contributed by atoms with van der Waals surface area (Å²) in [6.45, 7) is 9.54. The Morgan fingerprint density at radius 2 is 1.74 bits per heavy atom. The molecule has 0 unspecified atom stereocenters. The second kappa shape index (κ2) is 11.2. The van der Waals surface area contributed by atoms with E-state index in [-0.39, 0.29) is 5.91 Å². The maximum absolute atomic E-state index is 12.9. The molecule has 1 N–H and O–H groups in total. The lowest BCUT2D eigenvalue weighted by Gasteiger charge is -2.17. The van der Waals surface area contributed by atoms with Gasteiger partial charge in [0.1, 0.15) is 0 Å². The minimum absolute atomic E-state index is 0.208. The topological polar surface area (TPSA) is 87.0 Å². The zero-order valence-electron chi connectivity index (χ0n) is 20.5. The summed E-state index contributed by atoms with van der Waals surface area (Å²) in [6, 6.07) is 11.5. The number of benzene rings is 2. The normalized spacial score (nSPS) is 11.0. The van der Waals surface area contributed by atoms with Gasteiger partial charge < -0.3 is 19.5 Å². The summed E-state index contributed by atoms with van der Waals surface area (Å²) in [5.74, 6) is 2.00. The van der Waals surface area contributed by atoms with E-state index in [1.807, 2.05) is 42.8 Å². The van der Waals surface area contributed by atoms with Crippen LogP contribution in [0.2, 0.25) is 0 Å². The molecule has 0 radical (unpaired) electrons. The summed E-state index contributed by atoms with van der Waals surface area (Å²) in [7, 11) is 0. The first-order valence-corrected chi connectivity index (χ1v) is 12.7. The van der Waals surface area contributed by atoms with Crippen LogP contribution in [-0.4, -0.2) is 46.9 Å². The van der Waals surface area contributed by atoms with E-state index in [1.54, 1.807) is 12.1 Å². The number of amides is 1. The van der Waals surface area contributed by atoms with Gasteiger partial charge in [-0.25, -0.2) is 4.52 Å². The maximum atomic E-state index is 12.9. The second-order valence-electron chi connectivity index (χ2n) is 7.83. The van der Waals surface area contributed by atoms with Gasteiger partial charge in [0, 0.05) is 29.5 Å². The number of ether oxygens (including phenoxy) is 3. The predicted octanol–water partition coefficient (Wildman–Crippen LogP) is 4.93. The molecule has 0 spiro atoms. The summed E-state index contributed by atoms with van der Waals surface area (Å²) in [5.41, 5.74) is 3.61. The lowest BCUT2D eigenvalue weighted by atomic mass is 10.1. The van der Waals surface area contributed by atoms with Gasteiger partial charge in [0.15, 0.2) is 17.3 Å². The van der Waals surface area contributed by atoms with Gasteiger partial charge in [-0.15, -0.1) is 16.4 Å². The van der Waals surface area contributed by atoms with Crippen molar-refractivity contribution in [2.45, 2.75) is 34.1 Å². The number of hydrogen-bond acceptors (Lipinski definition) is 7. The molecule has 0 fully saturated rings. The lowest BCUT2D eigenvalue weighted by molar-refractivity contribution is 0.0953. The molecule has 4 aromatic rings. The van der Waals surface area contributed by atoms with Gasteiger partial charge in [0.05, 0.1) is 25.5 Å². The average Bonchev–Trinajstić information content (AvgIpc) is 3.43. The number of fused-ring (bicyclic) bond motifs is 1. The third-order valence-corrected chi connectivity index (χ3v) is 6.13. The van der Waals surface area contributed by atoms with Crippen LogP contribution < -0.4 is 19.5 Å². The Morgan fingerprint density at radius 3 is 2.40 bits per heavy atom. The highest BCUT2D eigenvalue weighted by molar-refractivity contribution is 7.15. The smallest absolute Gasteiger partial charge is 0.251 e. The van der Waals surface area contributed by atoms with Crippen LogP contribution >= 0.6 is 11.3 Å². The molecule has 2 aromatic carbocycles. The third kappa shape index (κ3) is 5.57. The predicted molar refractivity (Wildman–Crippen MR) is 137 cm³/mol. The summed E-state index contributed by atoms with van der Waals surface area (Å²) in [6.07, 6.45) is 0.621. The van der Waals surface area contributed by atoms with Crippen molar-refractivity contribution >= 4 is 22.2 Å². The van der Waals surface area contributed by atoms with Crippen molar-refractivity contribution in [1.82, 2.24) is 19.9 Å². The first-order valence-electron chi connectivity index (χ1n) is 11.8. The van der Waals surface area contributed by atoms with E-state index in [2.05, 4.69) is 34.5 Å². The van der Waals surface area contributed by atoms with E-state index >= 15 is 0 Å². The van der Waals surface area contributed by atoms with Crippen molar-refractivity contribution < 1.29 is 19.0 Å². The number of nitrogens with one attached hydrogen (secondary N) is 1. The van der Waals surface area contributed by atoms with Gasteiger partial charge in [-0.3, -0.25) is 4.79 Å². The van der Waals surface area contributed by atoms with Crippen LogP contribution in [0.25, 0.3) is 16.3 Å². The molecule has 4 rings (SSSR count). The molecule has 0 aliphatic rings. The Labute approximate surface area is 208 Å². The fourth-order valence-corrected chi connectivity index (χ4v) is 4.59. The molecule has 1 amide bonds. The van der Waals surface area contributed by atoms with E-state index < -0.39 is 0 Å². The molecular formula is C26H30N4O4S.